The van der Waals surface area contributed by atoms with Crippen molar-refractivity contribution < 1.29 is 22.7 Å². The van der Waals surface area contributed by atoms with Crippen LogP contribution in [0.25, 0.3) is 0 Å². The van der Waals surface area contributed by atoms with Crippen LogP contribution in [0, 0.1) is 5.41 Å². The molecule has 28 heavy (non-hydrogen) atoms. The molecule has 0 radical (unpaired) electrons. The topological polar surface area (TPSA) is 97.0 Å². The third-order valence-electron chi connectivity index (χ3n) is 4.87. The molecule has 1 amide bonds. The average Bonchev–Trinajstić information content (AvgIpc) is 2.66. The van der Waals surface area contributed by atoms with E-state index in [0.29, 0.717) is 12.4 Å². The molecular weight excluding hydrogens is 406 g/mol. The number of amides is 1. The maximum absolute atomic E-state index is 12.8. The molecule has 8 nitrogen and oxygen atoms in total. The molecule has 0 aromatic heterocycles. The third kappa shape index (κ3) is 5.81. The van der Waals surface area contributed by atoms with E-state index < -0.39 is 10.0 Å². The van der Waals surface area contributed by atoms with Crippen LogP contribution in [-0.4, -0.2) is 73.8 Å². The highest BCUT2D eigenvalue weighted by Gasteiger charge is 2.34. The van der Waals surface area contributed by atoms with E-state index in [4.69, 9.17) is 9.47 Å². The van der Waals surface area contributed by atoms with E-state index in [-0.39, 0.29) is 40.7 Å². The summed E-state index contributed by atoms with van der Waals surface area (Å²) in [5.41, 5.74) is -0.0270. The second kappa shape index (κ2) is 10.4. The van der Waals surface area contributed by atoms with Crippen LogP contribution in [0.15, 0.2) is 23.1 Å². The molecular formula is C18H30ClN3O5S. The zero-order valence-corrected chi connectivity index (χ0v) is 18.4. The summed E-state index contributed by atoms with van der Waals surface area (Å²) in [6, 6.07) is 4.30. The normalized spacial score (nSPS) is 16.1. The number of hydrogen-bond acceptors (Lipinski definition) is 6. The van der Waals surface area contributed by atoms with E-state index in [0.717, 1.165) is 25.9 Å². The summed E-state index contributed by atoms with van der Waals surface area (Å²) >= 11 is 0. The molecule has 0 atom stereocenters. The summed E-state index contributed by atoms with van der Waals surface area (Å²) in [6.07, 6.45) is 1.66. The van der Waals surface area contributed by atoms with Gasteiger partial charge in [0.15, 0.2) is 0 Å². The van der Waals surface area contributed by atoms with Gasteiger partial charge in [-0.3, -0.25) is 4.79 Å². The van der Waals surface area contributed by atoms with E-state index in [9.17, 15) is 13.2 Å². The summed E-state index contributed by atoms with van der Waals surface area (Å²) in [4.78, 5) is 13.8. The largest absolute Gasteiger partial charge is 0.496 e. The lowest BCUT2D eigenvalue weighted by Crippen LogP contribution is -2.47. The SMILES string of the molecule is COCC1(CNS(=O)(=O)c2ccc(OC)c(C(=O)N(C)C)c2)CCNCC1.Cl. The highest BCUT2D eigenvalue weighted by atomic mass is 35.5. The molecule has 0 bridgehead atoms. The predicted octanol–water partition coefficient (Wildman–Crippen LogP) is 1.11. The molecule has 2 N–H and O–H groups in total. The van der Waals surface area contributed by atoms with Crippen molar-refractivity contribution in [3.63, 3.8) is 0 Å². The fourth-order valence-electron chi connectivity index (χ4n) is 3.23. The van der Waals surface area contributed by atoms with Crippen molar-refractivity contribution in [2.24, 2.45) is 5.41 Å². The third-order valence-corrected chi connectivity index (χ3v) is 6.27. The first-order valence-electron chi connectivity index (χ1n) is 8.84. The van der Waals surface area contributed by atoms with E-state index in [1.165, 1.54) is 30.2 Å². The van der Waals surface area contributed by atoms with Crippen LogP contribution in [0.3, 0.4) is 0 Å². The molecule has 1 fully saturated rings. The predicted molar refractivity (Wildman–Crippen MR) is 110 cm³/mol. The van der Waals surface area contributed by atoms with Gasteiger partial charge >= 0.3 is 0 Å². The zero-order valence-electron chi connectivity index (χ0n) is 16.8. The summed E-state index contributed by atoms with van der Waals surface area (Å²) in [6.45, 7) is 2.43. The van der Waals surface area contributed by atoms with Gasteiger partial charge < -0.3 is 19.7 Å². The number of sulfonamides is 1. The van der Waals surface area contributed by atoms with Crippen molar-refractivity contribution in [2.75, 3.05) is 54.6 Å². The second-order valence-electron chi connectivity index (χ2n) is 7.07. The fraction of sp³-hybridized carbons (Fsp3) is 0.611. The maximum Gasteiger partial charge on any atom is 0.257 e. The van der Waals surface area contributed by atoms with Gasteiger partial charge in [0.25, 0.3) is 5.91 Å². The number of carbonyl (C=O) groups excluding carboxylic acids is 1. The Morgan fingerprint density at radius 2 is 1.89 bits per heavy atom. The van der Waals surface area contributed by atoms with Crippen LogP contribution in [0.5, 0.6) is 5.75 Å². The summed E-state index contributed by atoms with van der Waals surface area (Å²) in [5.74, 6) is 0.0139. The van der Waals surface area contributed by atoms with E-state index in [2.05, 4.69) is 10.0 Å². The Balaban J connectivity index is 0.00000392. The molecule has 1 saturated heterocycles. The number of carbonyl (C=O) groups is 1. The first-order chi connectivity index (χ1) is 12.7. The fourth-order valence-corrected chi connectivity index (χ4v) is 4.41. The van der Waals surface area contributed by atoms with Crippen molar-refractivity contribution in [1.82, 2.24) is 14.9 Å². The maximum atomic E-state index is 12.8. The van der Waals surface area contributed by atoms with Gasteiger partial charge in [0.1, 0.15) is 5.75 Å². The smallest absolute Gasteiger partial charge is 0.257 e. The molecule has 1 aliphatic heterocycles. The first kappa shape index (κ1) is 24.6. The Bertz CT molecular complexity index is 759. The zero-order chi connectivity index (χ0) is 20.1. The summed E-state index contributed by atoms with van der Waals surface area (Å²) < 4.78 is 38.9. The van der Waals surface area contributed by atoms with Crippen LogP contribution in [0.1, 0.15) is 23.2 Å². The highest BCUT2D eigenvalue weighted by Crippen LogP contribution is 2.29. The van der Waals surface area contributed by atoms with Gasteiger partial charge in [0.05, 0.1) is 24.2 Å². The Morgan fingerprint density at radius 3 is 2.43 bits per heavy atom. The molecule has 0 unspecified atom stereocenters. The van der Waals surface area contributed by atoms with Crippen LogP contribution in [0.4, 0.5) is 0 Å². The van der Waals surface area contributed by atoms with Gasteiger partial charge in [0, 0.05) is 33.2 Å². The molecule has 0 spiro atoms. The average molecular weight is 436 g/mol. The molecule has 10 heteroatoms. The number of ether oxygens (including phenoxy) is 2. The van der Waals surface area contributed by atoms with Crippen LogP contribution >= 0.6 is 12.4 Å². The summed E-state index contributed by atoms with van der Waals surface area (Å²) in [7, 11) is 2.50. The Kier molecular flexibility index (Phi) is 9.16. The molecule has 1 aromatic carbocycles. The van der Waals surface area contributed by atoms with Gasteiger partial charge in [-0.1, -0.05) is 0 Å². The minimum absolute atomic E-state index is 0. The number of piperidine rings is 1. The van der Waals surface area contributed by atoms with Gasteiger partial charge in [-0.15, -0.1) is 12.4 Å². The molecule has 0 aliphatic carbocycles. The van der Waals surface area contributed by atoms with Crippen LogP contribution in [0.2, 0.25) is 0 Å². The number of methoxy groups -OCH3 is 2. The molecule has 1 aliphatic rings. The van der Waals surface area contributed by atoms with Crippen molar-refractivity contribution >= 4 is 28.3 Å². The standard InChI is InChI=1S/C18H29N3O5S.ClH/c1-21(2)17(22)15-11-14(5-6-16(15)26-4)27(23,24)20-12-18(13-25-3)7-9-19-10-8-18;/h5-6,11,19-20H,7-10,12-13H2,1-4H3;1H. The molecule has 1 aromatic rings. The van der Waals surface area contributed by atoms with Crippen molar-refractivity contribution in [3.8, 4) is 5.75 Å². The minimum Gasteiger partial charge on any atom is -0.496 e. The van der Waals surface area contributed by atoms with Gasteiger partial charge in [-0.05, 0) is 44.1 Å². The summed E-state index contributed by atoms with van der Waals surface area (Å²) in [5, 5.41) is 3.28. The van der Waals surface area contributed by atoms with Gasteiger partial charge in [-0.2, -0.15) is 0 Å². The highest BCUT2D eigenvalue weighted by molar-refractivity contribution is 7.89. The van der Waals surface area contributed by atoms with E-state index in [1.807, 2.05) is 0 Å². The van der Waals surface area contributed by atoms with Crippen molar-refractivity contribution in [2.45, 2.75) is 17.7 Å². The molecule has 160 valence electrons. The molecule has 1 heterocycles. The Labute approximate surface area is 173 Å². The van der Waals surface area contributed by atoms with Crippen molar-refractivity contribution in [3.05, 3.63) is 23.8 Å². The first-order valence-corrected chi connectivity index (χ1v) is 10.3. The number of hydrogen-bond donors (Lipinski definition) is 2. The molecule has 0 saturated carbocycles. The number of benzene rings is 1. The lowest BCUT2D eigenvalue weighted by Gasteiger charge is -2.37. The second-order valence-corrected chi connectivity index (χ2v) is 8.84. The monoisotopic (exact) mass is 435 g/mol. The Morgan fingerprint density at radius 1 is 1.25 bits per heavy atom. The number of halogens is 1. The Hall–Kier alpha value is -1.39. The van der Waals surface area contributed by atoms with Crippen LogP contribution in [-0.2, 0) is 14.8 Å². The lowest BCUT2D eigenvalue weighted by atomic mass is 9.80. The number of nitrogens with one attached hydrogen (secondary N) is 2. The number of nitrogens with zero attached hydrogens (tertiary/aromatic N) is 1. The van der Waals surface area contributed by atoms with Gasteiger partial charge in [-0.25, -0.2) is 13.1 Å². The van der Waals surface area contributed by atoms with Crippen LogP contribution < -0.4 is 14.8 Å². The quantitative estimate of drug-likeness (QED) is 0.635. The van der Waals surface area contributed by atoms with E-state index >= 15 is 0 Å². The van der Waals surface area contributed by atoms with Crippen molar-refractivity contribution in [1.29, 1.82) is 0 Å². The van der Waals surface area contributed by atoms with Gasteiger partial charge in [0.2, 0.25) is 10.0 Å². The number of rotatable bonds is 8. The minimum atomic E-state index is -3.78. The molecule has 2 rings (SSSR count). The van der Waals surface area contributed by atoms with E-state index in [1.54, 1.807) is 21.2 Å². The lowest BCUT2D eigenvalue weighted by molar-refractivity contribution is 0.0577.